The van der Waals surface area contributed by atoms with Gasteiger partial charge >= 0.3 is 0 Å². The molecular formula is C60H55IrN5OSi-2. The number of aryl methyl sites for hydroxylation is 2. The van der Waals surface area contributed by atoms with Crippen LogP contribution in [-0.4, -0.2) is 32.6 Å². The number of hydrogen-bond donors (Lipinski definition) is 0. The molecule has 1 unspecified atom stereocenters. The molecule has 68 heavy (non-hydrogen) atoms. The fraction of sp³-hybridized carbons (Fsp3) is 0.200. The normalized spacial score (nSPS) is 13.2. The molecule has 6 nitrogen and oxygen atoms in total. The number of allylic oxidation sites excluding steroid dienone is 4. The van der Waals surface area contributed by atoms with E-state index in [0.29, 0.717) is 17.5 Å². The molecule has 5 heterocycles. The monoisotopic (exact) mass is 1080 g/mol. The first-order valence-corrected chi connectivity index (χ1v) is 27.0. The molecule has 0 fully saturated rings. The van der Waals surface area contributed by atoms with Crippen LogP contribution in [0.2, 0.25) is 19.6 Å². The SMILES string of the molecule is Cc1c[c-]c(-c2ccc([Si](C)(C)C)cn2)cc1.Cc1ccc2ccc3nc(-c4[c-]ccc5c4oc4nc(C(C)C(C)C)ccc45)n(-c4c(C5=CC=CCC5)cccc4-c4ccccc4)c3c2n1.[Ir]. The Hall–Kier alpha value is -6.57. The van der Waals surface area contributed by atoms with E-state index in [9.17, 15) is 0 Å². The third-order valence-electron chi connectivity index (χ3n) is 13.2. The molecule has 10 aromatic rings. The van der Waals surface area contributed by atoms with Gasteiger partial charge < -0.3 is 14.0 Å². The van der Waals surface area contributed by atoms with Crippen LogP contribution < -0.4 is 5.19 Å². The second-order valence-electron chi connectivity index (χ2n) is 19.2. The first kappa shape index (κ1) is 46.5. The molecule has 5 aromatic carbocycles. The molecule has 0 saturated heterocycles. The van der Waals surface area contributed by atoms with Crippen LogP contribution in [0.25, 0.3) is 89.0 Å². The summed E-state index contributed by atoms with van der Waals surface area (Å²) in [6.07, 6.45) is 10.6. The van der Waals surface area contributed by atoms with Gasteiger partial charge in [-0.2, -0.15) is 0 Å². The second kappa shape index (κ2) is 19.2. The maximum Gasteiger partial charge on any atom is 0.216 e. The number of fused-ring (bicyclic) bond motifs is 6. The van der Waals surface area contributed by atoms with E-state index in [2.05, 4.69) is 203 Å². The van der Waals surface area contributed by atoms with E-state index in [0.717, 1.165) is 102 Å². The minimum absolute atomic E-state index is 0. The molecule has 1 atom stereocenters. The molecule has 1 aliphatic rings. The average molecular weight is 1080 g/mol. The van der Waals surface area contributed by atoms with E-state index in [1.54, 1.807) is 0 Å². The molecule has 0 amide bonds. The Morgan fingerprint density at radius 2 is 1.56 bits per heavy atom. The summed E-state index contributed by atoms with van der Waals surface area (Å²) in [6, 6.07) is 51.4. The Labute approximate surface area is 414 Å². The second-order valence-corrected chi connectivity index (χ2v) is 24.3. The Morgan fingerprint density at radius 3 is 2.28 bits per heavy atom. The van der Waals surface area contributed by atoms with Crippen LogP contribution in [0, 0.1) is 31.9 Å². The number of imidazole rings is 1. The largest absolute Gasteiger partial charge is 0.486 e. The van der Waals surface area contributed by atoms with Gasteiger partial charge in [0, 0.05) is 65.5 Å². The first-order chi connectivity index (χ1) is 32.4. The predicted octanol–water partition coefficient (Wildman–Crippen LogP) is 15.2. The van der Waals surface area contributed by atoms with Crippen molar-refractivity contribution in [1.29, 1.82) is 0 Å². The zero-order valence-corrected chi connectivity index (χ0v) is 43.4. The molecule has 0 saturated carbocycles. The van der Waals surface area contributed by atoms with Gasteiger partial charge in [-0.1, -0.05) is 149 Å². The maximum atomic E-state index is 6.73. The van der Waals surface area contributed by atoms with Crippen LogP contribution >= 0.6 is 0 Å². The first-order valence-electron chi connectivity index (χ1n) is 23.5. The van der Waals surface area contributed by atoms with Crippen LogP contribution in [0.5, 0.6) is 0 Å². The van der Waals surface area contributed by atoms with E-state index in [4.69, 9.17) is 19.4 Å². The number of benzene rings is 5. The summed E-state index contributed by atoms with van der Waals surface area (Å²) in [4.78, 5) is 20.2. The molecule has 0 spiro atoms. The van der Waals surface area contributed by atoms with Crippen LogP contribution in [0.4, 0.5) is 0 Å². The van der Waals surface area contributed by atoms with Gasteiger partial charge in [-0.3, -0.25) is 9.97 Å². The molecule has 1 aliphatic carbocycles. The van der Waals surface area contributed by atoms with Crippen molar-refractivity contribution in [3.05, 3.63) is 186 Å². The quantitative estimate of drug-likeness (QED) is 0.112. The number of nitrogens with zero attached hydrogens (tertiary/aromatic N) is 5. The molecule has 5 aromatic heterocycles. The van der Waals surface area contributed by atoms with Crippen LogP contribution in [0.1, 0.15) is 62.0 Å². The van der Waals surface area contributed by atoms with Crippen molar-refractivity contribution in [2.75, 3.05) is 0 Å². The molecule has 0 aliphatic heterocycles. The summed E-state index contributed by atoms with van der Waals surface area (Å²) >= 11 is 0. The Kier molecular flexibility index (Phi) is 13.1. The number of aromatic nitrogens is 5. The average Bonchev–Trinajstić information content (AvgIpc) is 3.93. The summed E-state index contributed by atoms with van der Waals surface area (Å²) in [6.45, 7) is 17.8. The third kappa shape index (κ3) is 8.96. The van der Waals surface area contributed by atoms with Crippen molar-refractivity contribution in [3.63, 3.8) is 0 Å². The third-order valence-corrected chi connectivity index (χ3v) is 15.2. The number of rotatable bonds is 8. The van der Waals surface area contributed by atoms with Crippen LogP contribution in [0.3, 0.4) is 0 Å². The number of furan rings is 1. The summed E-state index contributed by atoms with van der Waals surface area (Å²) in [7, 11) is -1.24. The zero-order valence-electron chi connectivity index (χ0n) is 40.0. The molecule has 1 radical (unpaired) electrons. The van der Waals surface area contributed by atoms with Crippen molar-refractivity contribution in [2.45, 2.75) is 73.0 Å². The standard InChI is InChI=1S/C45H37N4O.C15H18NSi.Ir/c1-27(2)29(4)38-26-24-36-35-19-12-20-37(43(35)50-45(36)48-38)44-47-39-25-23-32-22-21-28(3)46-40(32)42(39)49(44)41-33(30-13-7-5-8-14-30)17-11-18-34(41)31-15-9-6-10-16-31;1-12-5-7-13(8-6-12)15-10-9-14(11-16-15)17(2,3)4;/h5-9,11-15,17-19,21-27,29H,10,16H2,1-4H3;5-7,9-11H,1-4H3;/q2*-1;. The smallest absolute Gasteiger partial charge is 0.216 e. The van der Waals surface area contributed by atoms with Gasteiger partial charge in [-0.05, 0) is 72.0 Å². The number of pyridine rings is 3. The van der Waals surface area contributed by atoms with E-state index in [-0.39, 0.29) is 20.1 Å². The van der Waals surface area contributed by atoms with E-state index < -0.39 is 8.07 Å². The molecular weight excluding hydrogens is 1030 g/mol. The summed E-state index contributed by atoms with van der Waals surface area (Å²) in [5.41, 5.74) is 16.0. The van der Waals surface area contributed by atoms with E-state index in [1.165, 1.54) is 21.9 Å². The van der Waals surface area contributed by atoms with Crippen molar-refractivity contribution >= 4 is 62.8 Å². The van der Waals surface area contributed by atoms with Gasteiger partial charge in [-0.25, -0.2) is 4.98 Å². The van der Waals surface area contributed by atoms with Gasteiger partial charge in [-0.15, -0.1) is 53.6 Å². The van der Waals surface area contributed by atoms with E-state index in [1.807, 2.05) is 25.3 Å². The molecule has 8 heteroatoms. The summed E-state index contributed by atoms with van der Waals surface area (Å²) < 4.78 is 9.06. The van der Waals surface area contributed by atoms with Crippen molar-refractivity contribution in [2.24, 2.45) is 5.92 Å². The van der Waals surface area contributed by atoms with Crippen LogP contribution in [-0.2, 0) is 20.1 Å². The molecule has 341 valence electrons. The summed E-state index contributed by atoms with van der Waals surface area (Å²) in [5, 5.41) is 4.45. The summed E-state index contributed by atoms with van der Waals surface area (Å²) in [5.74, 6) is 1.53. The Morgan fingerprint density at radius 1 is 0.750 bits per heavy atom. The number of para-hydroxylation sites is 1. The van der Waals surface area contributed by atoms with Crippen molar-refractivity contribution in [1.82, 2.24) is 24.5 Å². The minimum atomic E-state index is -1.24. The molecule has 0 bridgehead atoms. The van der Waals surface area contributed by atoms with Crippen LogP contribution in [0.15, 0.2) is 156 Å². The topological polar surface area (TPSA) is 69.6 Å². The predicted molar refractivity (Wildman–Crippen MR) is 282 cm³/mol. The van der Waals surface area contributed by atoms with Crippen molar-refractivity contribution in [3.8, 4) is 39.5 Å². The minimum Gasteiger partial charge on any atom is -0.486 e. The molecule has 11 rings (SSSR count). The van der Waals surface area contributed by atoms with Crippen molar-refractivity contribution < 1.29 is 24.5 Å². The van der Waals surface area contributed by atoms with Gasteiger partial charge in [0.1, 0.15) is 0 Å². The fourth-order valence-corrected chi connectivity index (χ4v) is 10.0. The van der Waals surface area contributed by atoms with Gasteiger partial charge in [0.25, 0.3) is 0 Å². The maximum absolute atomic E-state index is 6.73. The van der Waals surface area contributed by atoms with Gasteiger partial charge in [0.15, 0.2) is 0 Å². The number of hydrogen-bond acceptors (Lipinski definition) is 5. The van der Waals surface area contributed by atoms with E-state index >= 15 is 0 Å². The Bertz CT molecular complexity index is 3510. The molecule has 0 N–H and O–H groups in total. The van der Waals surface area contributed by atoms with Gasteiger partial charge in [0.2, 0.25) is 5.71 Å². The Balaban J connectivity index is 0.000000272. The fourth-order valence-electron chi connectivity index (χ4n) is 9.00. The zero-order chi connectivity index (χ0) is 46.4. The van der Waals surface area contributed by atoms with Gasteiger partial charge in [0.05, 0.1) is 41.7 Å².